The first-order valence-corrected chi connectivity index (χ1v) is 7.21. The van der Waals surface area contributed by atoms with Crippen LogP contribution in [0.15, 0.2) is 9.90 Å². The van der Waals surface area contributed by atoms with Gasteiger partial charge in [-0.15, -0.1) is 11.3 Å². The minimum absolute atomic E-state index is 0.124. The molecular formula is C12H18N4O2S. The Hall–Kier alpha value is -1.47. The van der Waals surface area contributed by atoms with Gasteiger partial charge in [-0.3, -0.25) is 0 Å². The molecule has 0 aliphatic carbocycles. The van der Waals surface area contributed by atoms with Crippen LogP contribution >= 0.6 is 11.3 Å². The van der Waals surface area contributed by atoms with Gasteiger partial charge in [0.2, 0.25) is 5.89 Å². The number of nitrogens with zero attached hydrogens (tertiary/aromatic N) is 3. The van der Waals surface area contributed by atoms with E-state index in [1.165, 1.54) is 11.3 Å². The number of rotatable bonds is 7. The number of hydrogen-bond acceptors (Lipinski definition) is 7. The highest BCUT2D eigenvalue weighted by atomic mass is 32.1. The van der Waals surface area contributed by atoms with Crippen molar-refractivity contribution in [1.29, 1.82) is 0 Å². The van der Waals surface area contributed by atoms with Gasteiger partial charge in [-0.05, 0) is 26.7 Å². The summed E-state index contributed by atoms with van der Waals surface area (Å²) in [5.74, 6) is 1.25. The summed E-state index contributed by atoms with van der Waals surface area (Å²) < 4.78 is 10.6. The van der Waals surface area contributed by atoms with E-state index in [-0.39, 0.29) is 6.10 Å². The van der Waals surface area contributed by atoms with Crippen molar-refractivity contribution >= 4 is 16.5 Å². The third-order valence-electron chi connectivity index (χ3n) is 2.66. The molecule has 0 saturated carbocycles. The van der Waals surface area contributed by atoms with Crippen LogP contribution in [0, 0.1) is 0 Å². The minimum Gasteiger partial charge on any atom is -0.375 e. The summed E-state index contributed by atoms with van der Waals surface area (Å²) in [7, 11) is 0. The Bertz CT molecular complexity index is 511. The maximum Gasteiger partial charge on any atom is 0.226 e. The highest BCUT2D eigenvalue weighted by molar-refractivity contribution is 7.13. The summed E-state index contributed by atoms with van der Waals surface area (Å²) in [5.41, 5.74) is 6.60. The number of thiazole rings is 1. The fourth-order valence-corrected chi connectivity index (χ4v) is 2.31. The molecule has 0 radical (unpaired) electrons. The minimum atomic E-state index is -0.124. The van der Waals surface area contributed by atoms with E-state index in [1.54, 1.807) is 0 Å². The van der Waals surface area contributed by atoms with Crippen LogP contribution in [0.3, 0.4) is 0 Å². The molecule has 0 fully saturated rings. The van der Waals surface area contributed by atoms with Crippen molar-refractivity contribution in [2.45, 2.75) is 39.2 Å². The largest absolute Gasteiger partial charge is 0.375 e. The predicted molar refractivity (Wildman–Crippen MR) is 72.9 cm³/mol. The van der Waals surface area contributed by atoms with Crippen LogP contribution in [0.25, 0.3) is 0 Å². The monoisotopic (exact) mass is 282 g/mol. The maximum atomic E-state index is 5.58. The first kappa shape index (κ1) is 14.0. The molecule has 0 amide bonds. The van der Waals surface area contributed by atoms with Crippen molar-refractivity contribution in [3.05, 3.63) is 22.8 Å². The number of hydrogen-bond donors (Lipinski definition) is 1. The summed E-state index contributed by atoms with van der Waals surface area (Å²) in [6.45, 7) is 4.49. The topological polar surface area (TPSA) is 87.1 Å². The highest BCUT2D eigenvalue weighted by Crippen LogP contribution is 2.15. The van der Waals surface area contributed by atoms with Crippen LogP contribution in [-0.2, 0) is 17.6 Å². The Morgan fingerprint density at radius 1 is 1.42 bits per heavy atom. The second kappa shape index (κ2) is 6.63. The Balaban J connectivity index is 1.80. The van der Waals surface area contributed by atoms with Crippen LogP contribution in [0.2, 0.25) is 0 Å². The van der Waals surface area contributed by atoms with Gasteiger partial charge in [0.05, 0.1) is 5.69 Å². The number of aromatic nitrogens is 3. The number of nitrogen functional groups attached to an aromatic ring is 1. The van der Waals surface area contributed by atoms with Crippen molar-refractivity contribution in [2.24, 2.45) is 0 Å². The van der Waals surface area contributed by atoms with Gasteiger partial charge < -0.3 is 15.0 Å². The average Bonchev–Trinajstić information content (AvgIpc) is 2.99. The van der Waals surface area contributed by atoms with Gasteiger partial charge in [-0.1, -0.05) is 5.16 Å². The maximum absolute atomic E-state index is 5.58. The van der Waals surface area contributed by atoms with Gasteiger partial charge in [0.1, 0.15) is 6.10 Å². The molecule has 2 aromatic heterocycles. The summed E-state index contributed by atoms with van der Waals surface area (Å²) in [6.07, 6.45) is 2.39. The zero-order valence-corrected chi connectivity index (χ0v) is 11.9. The molecule has 0 aliphatic rings. The molecule has 0 saturated heterocycles. The van der Waals surface area contributed by atoms with Gasteiger partial charge >= 0.3 is 0 Å². The van der Waals surface area contributed by atoms with E-state index in [2.05, 4.69) is 15.1 Å². The summed E-state index contributed by atoms with van der Waals surface area (Å²) >= 11 is 1.46. The molecule has 19 heavy (non-hydrogen) atoms. The number of aryl methyl sites for hydroxylation is 2. The van der Waals surface area contributed by atoms with E-state index in [9.17, 15) is 0 Å². The van der Waals surface area contributed by atoms with Crippen molar-refractivity contribution in [3.63, 3.8) is 0 Å². The lowest BCUT2D eigenvalue weighted by Crippen LogP contribution is -2.01. The highest BCUT2D eigenvalue weighted by Gasteiger charge is 2.13. The molecule has 2 rings (SSSR count). The van der Waals surface area contributed by atoms with Crippen LogP contribution < -0.4 is 5.73 Å². The van der Waals surface area contributed by atoms with Gasteiger partial charge in [-0.2, -0.15) is 4.98 Å². The lowest BCUT2D eigenvalue weighted by atomic mass is 10.2. The SMILES string of the molecule is CCOC(C)c1noc(CCCc2csc(N)n2)n1. The summed E-state index contributed by atoms with van der Waals surface area (Å²) in [5, 5.41) is 6.51. The van der Waals surface area contributed by atoms with Gasteiger partial charge in [-0.25, -0.2) is 4.98 Å². The molecule has 2 N–H and O–H groups in total. The molecule has 0 aliphatic heterocycles. The molecule has 1 unspecified atom stereocenters. The first-order valence-electron chi connectivity index (χ1n) is 6.33. The van der Waals surface area contributed by atoms with Gasteiger partial charge in [0.15, 0.2) is 11.0 Å². The molecule has 2 heterocycles. The first-order chi connectivity index (χ1) is 9.19. The number of ether oxygens (including phenoxy) is 1. The van der Waals surface area contributed by atoms with Gasteiger partial charge in [0.25, 0.3) is 0 Å². The Morgan fingerprint density at radius 3 is 2.95 bits per heavy atom. The third-order valence-corrected chi connectivity index (χ3v) is 3.38. The van der Waals surface area contributed by atoms with Crippen molar-refractivity contribution in [3.8, 4) is 0 Å². The number of nitrogens with two attached hydrogens (primary N) is 1. The van der Waals surface area contributed by atoms with E-state index in [4.69, 9.17) is 15.0 Å². The lowest BCUT2D eigenvalue weighted by molar-refractivity contribution is 0.0683. The fourth-order valence-electron chi connectivity index (χ4n) is 1.72. The second-order valence-electron chi connectivity index (χ2n) is 4.17. The summed E-state index contributed by atoms with van der Waals surface area (Å²) in [6, 6.07) is 0. The van der Waals surface area contributed by atoms with E-state index >= 15 is 0 Å². The average molecular weight is 282 g/mol. The van der Waals surface area contributed by atoms with E-state index in [0.717, 1.165) is 25.0 Å². The molecule has 0 bridgehead atoms. The van der Waals surface area contributed by atoms with E-state index in [0.29, 0.717) is 23.5 Å². The van der Waals surface area contributed by atoms with Gasteiger partial charge in [0, 0.05) is 18.4 Å². The zero-order valence-electron chi connectivity index (χ0n) is 11.1. The van der Waals surface area contributed by atoms with Crippen LogP contribution in [0.1, 0.15) is 43.8 Å². The Morgan fingerprint density at radius 2 is 2.26 bits per heavy atom. The van der Waals surface area contributed by atoms with Crippen LogP contribution in [-0.4, -0.2) is 21.7 Å². The Labute approximate surface area is 116 Å². The standard InChI is InChI=1S/C12H18N4O2S/c1-3-17-8(2)11-15-10(18-16-11)6-4-5-9-7-19-12(13)14-9/h7-8H,3-6H2,1-2H3,(H2,13,14). The summed E-state index contributed by atoms with van der Waals surface area (Å²) in [4.78, 5) is 8.53. The van der Waals surface area contributed by atoms with E-state index < -0.39 is 0 Å². The molecule has 104 valence electrons. The Kier molecular flexibility index (Phi) is 4.86. The third kappa shape index (κ3) is 4.00. The van der Waals surface area contributed by atoms with Crippen molar-refractivity contribution < 1.29 is 9.26 Å². The fraction of sp³-hybridized carbons (Fsp3) is 0.583. The molecule has 2 aromatic rings. The molecule has 0 aromatic carbocycles. The quantitative estimate of drug-likeness (QED) is 0.839. The van der Waals surface area contributed by atoms with Crippen molar-refractivity contribution in [2.75, 3.05) is 12.3 Å². The van der Waals surface area contributed by atoms with Crippen LogP contribution in [0.5, 0.6) is 0 Å². The molecule has 6 nitrogen and oxygen atoms in total. The number of anilines is 1. The molecular weight excluding hydrogens is 264 g/mol. The normalized spacial score (nSPS) is 12.7. The molecule has 1 atom stereocenters. The predicted octanol–water partition coefficient (Wildman–Crippen LogP) is 2.38. The van der Waals surface area contributed by atoms with Crippen LogP contribution in [0.4, 0.5) is 5.13 Å². The smallest absolute Gasteiger partial charge is 0.226 e. The molecule has 0 spiro atoms. The van der Waals surface area contributed by atoms with E-state index in [1.807, 2.05) is 19.2 Å². The lowest BCUT2D eigenvalue weighted by Gasteiger charge is -2.04. The van der Waals surface area contributed by atoms with Crippen molar-refractivity contribution in [1.82, 2.24) is 15.1 Å². The molecule has 7 heteroatoms. The second-order valence-corrected chi connectivity index (χ2v) is 5.06. The zero-order chi connectivity index (χ0) is 13.7.